The van der Waals surface area contributed by atoms with Gasteiger partial charge < -0.3 is 19.9 Å². The molecule has 1 aliphatic carbocycles. The van der Waals surface area contributed by atoms with E-state index in [9.17, 15) is 24.3 Å². The third-order valence-electron chi connectivity index (χ3n) is 5.49. The van der Waals surface area contributed by atoms with Crippen molar-refractivity contribution in [3.63, 3.8) is 0 Å². The molecule has 0 radical (unpaired) electrons. The van der Waals surface area contributed by atoms with Crippen molar-refractivity contribution in [2.75, 3.05) is 19.0 Å². The highest BCUT2D eigenvalue weighted by Gasteiger charge is 2.29. The number of thiazole rings is 1. The molecule has 35 heavy (non-hydrogen) atoms. The van der Waals surface area contributed by atoms with E-state index in [-0.39, 0.29) is 23.4 Å². The molecule has 0 fully saturated rings. The molecule has 1 aromatic heterocycles. The molecule has 4 rings (SSSR count). The maximum Gasteiger partial charge on any atom is 0.413 e. The number of carbonyl (C=O) groups is 4. The second-order valence-corrected chi connectivity index (χ2v) is 8.49. The summed E-state index contributed by atoms with van der Waals surface area (Å²) in [6.45, 7) is 0.117. The number of aliphatic carboxylic acids is 1. The molecular formula is C24H21N3O7S. The lowest BCUT2D eigenvalue weighted by Gasteiger charge is -2.14. The lowest BCUT2D eigenvalue weighted by Crippen LogP contribution is -2.42. The minimum Gasteiger partial charge on any atom is -0.480 e. The summed E-state index contributed by atoms with van der Waals surface area (Å²) in [5.74, 6) is -3.09. The fraction of sp³-hybridized carbons (Fsp3) is 0.208. The molecule has 1 aliphatic rings. The smallest absolute Gasteiger partial charge is 0.413 e. The van der Waals surface area contributed by atoms with Gasteiger partial charge in [-0.2, -0.15) is 0 Å². The van der Waals surface area contributed by atoms with E-state index < -0.39 is 36.4 Å². The number of ether oxygens (including phenoxy) is 2. The lowest BCUT2D eigenvalue weighted by molar-refractivity contribution is -0.147. The van der Waals surface area contributed by atoms with Crippen LogP contribution in [0.1, 0.15) is 34.0 Å². The average molecular weight is 496 g/mol. The van der Waals surface area contributed by atoms with Crippen LogP contribution < -0.4 is 10.6 Å². The molecular weight excluding hydrogens is 474 g/mol. The molecule has 0 spiro atoms. The van der Waals surface area contributed by atoms with Crippen molar-refractivity contribution in [1.82, 2.24) is 10.3 Å². The number of carboxylic acids is 1. The molecule has 2 aromatic carbocycles. The number of hydrogen-bond donors (Lipinski definition) is 3. The standard InChI is InChI=1S/C24H21N3O7S/c1-33-20(28)10-18(22(30)31)25-21(29)19-12-35-23(26-19)27-24(32)34-11-17-15-8-4-2-6-13(15)14-7-3-5-9-16(14)17/h2-9,12,17-18H,10-11H2,1H3,(H,25,29)(H,30,31)(H,26,27,32)/t18-/m0/s1. The number of amides is 2. The van der Waals surface area contributed by atoms with Crippen molar-refractivity contribution in [1.29, 1.82) is 0 Å². The van der Waals surface area contributed by atoms with E-state index >= 15 is 0 Å². The van der Waals surface area contributed by atoms with Gasteiger partial charge in [-0.1, -0.05) is 48.5 Å². The van der Waals surface area contributed by atoms with Crippen molar-refractivity contribution < 1.29 is 33.8 Å². The molecule has 11 heteroatoms. The van der Waals surface area contributed by atoms with Gasteiger partial charge in [0.05, 0.1) is 13.5 Å². The first kappa shape index (κ1) is 23.9. The van der Waals surface area contributed by atoms with Crippen LogP contribution in [0.5, 0.6) is 0 Å². The number of anilines is 1. The molecule has 0 saturated heterocycles. The predicted octanol–water partition coefficient (Wildman–Crippen LogP) is 3.25. The van der Waals surface area contributed by atoms with Gasteiger partial charge in [-0.3, -0.25) is 14.9 Å². The minimum absolute atomic E-state index is 0.103. The van der Waals surface area contributed by atoms with Crippen molar-refractivity contribution in [2.24, 2.45) is 0 Å². The third-order valence-corrected chi connectivity index (χ3v) is 6.25. The fourth-order valence-electron chi connectivity index (χ4n) is 3.84. The zero-order valence-corrected chi connectivity index (χ0v) is 19.3. The summed E-state index contributed by atoms with van der Waals surface area (Å²) in [4.78, 5) is 51.4. The van der Waals surface area contributed by atoms with Crippen molar-refractivity contribution in [3.8, 4) is 11.1 Å². The van der Waals surface area contributed by atoms with Crippen LogP contribution in [0.2, 0.25) is 0 Å². The highest BCUT2D eigenvalue weighted by molar-refractivity contribution is 7.14. The Morgan fingerprint density at radius 1 is 1.06 bits per heavy atom. The Morgan fingerprint density at radius 3 is 2.29 bits per heavy atom. The van der Waals surface area contributed by atoms with Crippen molar-refractivity contribution in [3.05, 3.63) is 70.7 Å². The van der Waals surface area contributed by atoms with E-state index in [1.54, 1.807) is 0 Å². The average Bonchev–Trinajstić information content (AvgIpc) is 3.45. The fourth-order valence-corrected chi connectivity index (χ4v) is 4.52. The molecule has 3 N–H and O–H groups in total. The second kappa shape index (κ2) is 10.3. The van der Waals surface area contributed by atoms with Gasteiger partial charge in [0.25, 0.3) is 5.91 Å². The first-order chi connectivity index (χ1) is 16.9. The summed E-state index contributed by atoms with van der Waals surface area (Å²) in [7, 11) is 1.12. The lowest BCUT2D eigenvalue weighted by atomic mass is 9.98. The van der Waals surface area contributed by atoms with Crippen LogP contribution >= 0.6 is 11.3 Å². The Hall–Kier alpha value is -4.25. The summed E-state index contributed by atoms with van der Waals surface area (Å²) in [6, 6.07) is 14.4. The van der Waals surface area contributed by atoms with E-state index in [1.165, 1.54) is 5.38 Å². The van der Waals surface area contributed by atoms with Crippen LogP contribution in [-0.2, 0) is 19.1 Å². The number of nitrogens with one attached hydrogen (secondary N) is 2. The van der Waals surface area contributed by atoms with Crippen LogP contribution in [0.4, 0.5) is 9.93 Å². The number of fused-ring (bicyclic) bond motifs is 3. The number of nitrogens with zero attached hydrogens (tertiary/aromatic N) is 1. The SMILES string of the molecule is COC(=O)C[C@H](NC(=O)c1csc(NC(=O)OCC2c3ccccc3-c3ccccc32)n1)C(=O)O. The number of esters is 1. The molecule has 1 heterocycles. The zero-order chi connectivity index (χ0) is 24.9. The van der Waals surface area contributed by atoms with Gasteiger partial charge in [0.2, 0.25) is 0 Å². The Morgan fingerprint density at radius 2 is 1.69 bits per heavy atom. The Kier molecular flexibility index (Phi) is 7.06. The summed E-state index contributed by atoms with van der Waals surface area (Å²) < 4.78 is 9.89. The van der Waals surface area contributed by atoms with E-state index in [4.69, 9.17) is 4.74 Å². The molecule has 2 amide bonds. The quantitative estimate of drug-likeness (QED) is 0.404. The molecule has 180 valence electrons. The molecule has 0 saturated carbocycles. The number of carbonyl (C=O) groups excluding carboxylic acids is 3. The first-order valence-electron chi connectivity index (χ1n) is 10.6. The number of benzene rings is 2. The Balaban J connectivity index is 1.35. The molecule has 0 aliphatic heterocycles. The van der Waals surface area contributed by atoms with Gasteiger partial charge in [-0.05, 0) is 22.3 Å². The first-order valence-corrected chi connectivity index (χ1v) is 11.4. The minimum atomic E-state index is -1.48. The number of rotatable bonds is 8. The number of methoxy groups -OCH3 is 1. The monoisotopic (exact) mass is 495 g/mol. The topological polar surface area (TPSA) is 144 Å². The highest BCUT2D eigenvalue weighted by atomic mass is 32.1. The van der Waals surface area contributed by atoms with Crippen LogP contribution in [0, 0.1) is 0 Å². The molecule has 0 bridgehead atoms. The summed E-state index contributed by atoms with van der Waals surface area (Å²) in [6.07, 6.45) is -1.27. The van der Waals surface area contributed by atoms with Crippen LogP contribution in [0.3, 0.4) is 0 Å². The van der Waals surface area contributed by atoms with Crippen molar-refractivity contribution in [2.45, 2.75) is 18.4 Å². The number of aromatic nitrogens is 1. The Labute approximate surface area is 203 Å². The normalized spacial score (nSPS) is 12.7. The van der Waals surface area contributed by atoms with E-state index in [2.05, 4.69) is 20.4 Å². The van der Waals surface area contributed by atoms with Crippen LogP contribution in [-0.4, -0.2) is 53.8 Å². The number of hydrogen-bond acceptors (Lipinski definition) is 8. The molecule has 3 aromatic rings. The van der Waals surface area contributed by atoms with E-state index in [0.717, 1.165) is 40.7 Å². The number of carboxylic acid groups (broad SMARTS) is 1. The van der Waals surface area contributed by atoms with Gasteiger partial charge in [-0.15, -0.1) is 11.3 Å². The van der Waals surface area contributed by atoms with Crippen LogP contribution in [0.25, 0.3) is 11.1 Å². The highest BCUT2D eigenvalue weighted by Crippen LogP contribution is 2.44. The summed E-state index contributed by atoms with van der Waals surface area (Å²) in [5, 5.41) is 15.3. The Bertz CT molecular complexity index is 1240. The van der Waals surface area contributed by atoms with Gasteiger partial charge in [0.1, 0.15) is 18.3 Å². The maximum absolute atomic E-state index is 12.4. The third kappa shape index (κ3) is 5.30. The van der Waals surface area contributed by atoms with E-state index in [0.29, 0.717) is 0 Å². The van der Waals surface area contributed by atoms with Gasteiger partial charge in [-0.25, -0.2) is 14.6 Å². The predicted molar refractivity (Wildman–Crippen MR) is 126 cm³/mol. The summed E-state index contributed by atoms with van der Waals surface area (Å²) >= 11 is 0.972. The molecule has 0 unspecified atom stereocenters. The van der Waals surface area contributed by atoms with E-state index in [1.807, 2.05) is 48.5 Å². The molecule has 10 nitrogen and oxygen atoms in total. The van der Waals surface area contributed by atoms with Gasteiger partial charge >= 0.3 is 18.0 Å². The van der Waals surface area contributed by atoms with Crippen molar-refractivity contribution >= 4 is 40.4 Å². The molecule has 1 atom stereocenters. The maximum atomic E-state index is 12.4. The second-order valence-electron chi connectivity index (χ2n) is 7.63. The summed E-state index contributed by atoms with van der Waals surface area (Å²) in [5.41, 5.74) is 4.27. The van der Waals surface area contributed by atoms with Gasteiger partial charge in [0.15, 0.2) is 5.13 Å². The largest absolute Gasteiger partial charge is 0.480 e. The van der Waals surface area contributed by atoms with Gasteiger partial charge in [0, 0.05) is 11.3 Å². The zero-order valence-electron chi connectivity index (χ0n) is 18.5. The van der Waals surface area contributed by atoms with Crippen LogP contribution in [0.15, 0.2) is 53.9 Å².